The summed E-state index contributed by atoms with van der Waals surface area (Å²) < 4.78 is 14.0. The van der Waals surface area contributed by atoms with Gasteiger partial charge in [0.1, 0.15) is 22.3 Å². The highest BCUT2D eigenvalue weighted by atomic mass is 16.3. The minimum Gasteiger partial charge on any atom is -0.456 e. The quantitative estimate of drug-likeness (QED) is 0.0394. The molecule has 3 nitrogen and oxygen atoms in total. The van der Waals surface area contributed by atoms with Crippen molar-refractivity contribution >= 4 is 60.9 Å². The van der Waals surface area contributed by atoms with Crippen molar-refractivity contribution in [2.45, 2.75) is 285 Å². The van der Waals surface area contributed by atoms with E-state index in [4.69, 9.17) is 8.83 Å². The number of benzene rings is 9. The highest BCUT2D eigenvalue weighted by Gasteiger charge is 2.49. The minimum absolute atomic E-state index is 0.0522. The van der Waals surface area contributed by atoms with Gasteiger partial charge >= 0.3 is 0 Å². The van der Waals surface area contributed by atoms with Gasteiger partial charge in [-0.3, -0.25) is 0 Å². The number of furan rings is 2. The van der Waals surface area contributed by atoms with E-state index in [0.29, 0.717) is 0 Å². The number of para-hydroxylation sites is 2. The molecule has 11 aromatic rings. The molecule has 0 unspecified atom stereocenters. The molecular weight excluding hydrogens is 1220 g/mol. The molecular formula is C98H117NO2. The van der Waals surface area contributed by atoms with Gasteiger partial charge in [0.15, 0.2) is 0 Å². The van der Waals surface area contributed by atoms with E-state index in [1.807, 2.05) is 0 Å². The third-order valence-corrected chi connectivity index (χ3v) is 24.9. The lowest BCUT2D eigenvalue weighted by Crippen LogP contribution is -2.27. The number of fused-ring (bicyclic) bond motifs is 17. The van der Waals surface area contributed by atoms with Gasteiger partial charge in [0.25, 0.3) is 0 Å². The molecule has 0 amide bonds. The lowest BCUT2D eigenvalue weighted by atomic mass is 9.68. The zero-order valence-electron chi connectivity index (χ0n) is 64.0. The number of unbranched alkanes of at least 4 members (excludes halogenated alkanes) is 20. The molecule has 2 heterocycles. The van der Waals surface area contributed by atoms with Crippen molar-refractivity contribution in [3.8, 4) is 44.5 Å². The molecule has 0 fully saturated rings. The van der Waals surface area contributed by atoms with Crippen LogP contribution in [0.4, 0.5) is 17.1 Å². The molecule has 101 heavy (non-hydrogen) atoms. The molecule has 3 heteroatoms. The van der Waals surface area contributed by atoms with Crippen LogP contribution in [0.2, 0.25) is 0 Å². The smallest absolute Gasteiger partial charge is 0.143 e. The third-order valence-electron chi connectivity index (χ3n) is 24.9. The number of nitrogens with zero attached hydrogens (tertiary/aromatic N) is 1. The summed E-state index contributed by atoms with van der Waals surface area (Å²) in [6.07, 6.45) is 35.7. The summed E-state index contributed by atoms with van der Waals surface area (Å²) in [5, 5.41) is 4.99. The first-order chi connectivity index (χ1) is 49.1. The predicted molar refractivity (Wildman–Crippen MR) is 436 cm³/mol. The Balaban J connectivity index is 0.976. The van der Waals surface area contributed by atoms with Crippen LogP contribution in [0, 0.1) is 20.8 Å². The number of anilines is 3. The van der Waals surface area contributed by atoms with Crippen LogP contribution >= 0.6 is 0 Å². The lowest BCUT2D eigenvalue weighted by molar-refractivity contribution is 0.394. The summed E-state index contributed by atoms with van der Waals surface area (Å²) in [7, 11) is 0. The van der Waals surface area contributed by atoms with Gasteiger partial charge in [-0.2, -0.15) is 0 Å². The number of rotatable bonds is 32. The van der Waals surface area contributed by atoms with Crippen LogP contribution in [0.25, 0.3) is 88.4 Å². The topological polar surface area (TPSA) is 29.5 Å². The predicted octanol–water partition coefficient (Wildman–Crippen LogP) is 30.7. The molecule has 526 valence electrons. The van der Waals surface area contributed by atoms with Crippen LogP contribution in [0.1, 0.15) is 298 Å². The molecule has 3 aliphatic carbocycles. The van der Waals surface area contributed by atoms with E-state index in [9.17, 15) is 0 Å². The Morgan fingerprint density at radius 1 is 0.356 bits per heavy atom. The van der Waals surface area contributed by atoms with Crippen LogP contribution < -0.4 is 4.90 Å². The van der Waals surface area contributed by atoms with E-state index in [2.05, 4.69) is 240 Å². The van der Waals surface area contributed by atoms with Gasteiger partial charge in [-0.05, 0) is 202 Å². The van der Waals surface area contributed by atoms with Gasteiger partial charge in [0.2, 0.25) is 0 Å². The van der Waals surface area contributed by atoms with Gasteiger partial charge in [0, 0.05) is 54.7 Å². The second kappa shape index (κ2) is 29.6. The average Bonchev–Trinajstić information content (AvgIpc) is 1.53. The zero-order chi connectivity index (χ0) is 70.2. The van der Waals surface area contributed by atoms with Crippen molar-refractivity contribution in [3.05, 3.63) is 207 Å². The molecule has 0 saturated carbocycles. The second-order valence-electron chi connectivity index (χ2n) is 33.3. The summed E-state index contributed by atoms with van der Waals surface area (Å²) in [6.45, 7) is 28.3. The number of aryl methyl sites for hydroxylation is 3. The van der Waals surface area contributed by atoms with Crippen LogP contribution in [0.5, 0.6) is 0 Å². The Kier molecular flexibility index (Phi) is 20.7. The number of hydrogen-bond acceptors (Lipinski definition) is 3. The molecule has 0 bridgehead atoms. The third kappa shape index (κ3) is 13.0. The fourth-order valence-corrected chi connectivity index (χ4v) is 19.6. The lowest BCUT2D eigenvalue weighted by Gasteiger charge is -2.35. The molecule has 0 atom stereocenters. The Bertz CT molecular complexity index is 4720. The first kappa shape index (κ1) is 70.4. The molecule has 3 aliphatic rings. The van der Waals surface area contributed by atoms with Crippen molar-refractivity contribution in [3.63, 3.8) is 0 Å². The maximum Gasteiger partial charge on any atom is 0.143 e. The van der Waals surface area contributed by atoms with Crippen LogP contribution in [-0.2, 0) is 21.7 Å². The maximum atomic E-state index is 7.05. The van der Waals surface area contributed by atoms with Gasteiger partial charge in [-0.15, -0.1) is 0 Å². The molecule has 14 rings (SSSR count). The molecule has 2 aromatic heterocycles. The molecule has 0 aliphatic heterocycles. The fourth-order valence-electron chi connectivity index (χ4n) is 19.6. The van der Waals surface area contributed by atoms with Gasteiger partial charge in [-0.1, -0.05) is 313 Å². The standard InChI is InChI=1S/C98H117NO2/c1-13-17-21-25-29-37-55-97(56-38-30-26-22-18-14-2)80-53-54-88-91(75-41-33-35-43-86(75)100-88)90(80)79-65-83-78(64-84(79)97)73-51-49-72(62-82(73)98(83,57-39-31-27-23-19-15-3)58-40-32-28-24-20-16-4)99(93-67(6)59-66(5)60-68(93)7)71-50-52-74-81(61-71)96(11,12)85-63-77(69-45-47-70(48-46-69)95(8,9)10)94-92(89(74)85)76-42-34-36-44-87(76)101-94/h33-36,41-54,59-65H,13-32,37-40,55-58H2,1-12H3. The normalized spacial score (nSPS) is 14.5. The summed E-state index contributed by atoms with van der Waals surface area (Å²) in [6, 6.07) is 60.4. The van der Waals surface area contributed by atoms with Crippen LogP contribution in [0.15, 0.2) is 160 Å². The minimum atomic E-state index is -0.327. The van der Waals surface area contributed by atoms with E-state index in [0.717, 1.165) is 40.7 Å². The van der Waals surface area contributed by atoms with Crippen molar-refractivity contribution in [1.29, 1.82) is 0 Å². The van der Waals surface area contributed by atoms with E-state index in [1.165, 1.54) is 278 Å². The van der Waals surface area contributed by atoms with Gasteiger partial charge < -0.3 is 13.7 Å². The van der Waals surface area contributed by atoms with E-state index >= 15 is 0 Å². The Hall–Kier alpha value is -7.62. The van der Waals surface area contributed by atoms with Gasteiger partial charge in [0.05, 0.1) is 5.69 Å². The first-order valence-electron chi connectivity index (χ1n) is 40.5. The molecule has 0 N–H and O–H groups in total. The first-order valence-corrected chi connectivity index (χ1v) is 40.5. The Labute approximate surface area is 607 Å². The highest BCUT2D eigenvalue weighted by Crippen LogP contribution is 2.64. The Morgan fingerprint density at radius 3 is 1.36 bits per heavy atom. The summed E-state index contributed by atoms with van der Waals surface area (Å²) in [5.74, 6) is 0. The van der Waals surface area contributed by atoms with E-state index in [-0.39, 0.29) is 21.7 Å². The van der Waals surface area contributed by atoms with E-state index < -0.39 is 0 Å². The summed E-state index contributed by atoms with van der Waals surface area (Å²) in [5.41, 5.74) is 32.3. The monoisotopic (exact) mass is 1340 g/mol. The van der Waals surface area contributed by atoms with Crippen LogP contribution in [0.3, 0.4) is 0 Å². The zero-order valence-corrected chi connectivity index (χ0v) is 64.0. The molecule has 9 aromatic carbocycles. The molecule has 0 saturated heterocycles. The maximum absolute atomic E-state index is 7.05. The van der Waals surface area contributed by atoms with Crippen molar-refractivity contribution in [1.82, 2.24) is 0 Å². The van der Waals surface area contributed by atoms with Crippen molar-refractivity contribution < 1.29 is 8.83 Å². The van der Waals surface area contributed by atoms with Crippen LogP contribution in [-0.4, -0.2) is 0 Å². The largest absolute Gasteiger partial charge is 0.456 e. The second-order valence-corrected chi connectivity index (χ2v) is 33.3. The molecule has 0 spiro atoms. The fraction of sp³-hybridized carbons (Fsp3) is 0.449. The van der Waals surface area contributed by atoms with Crippen molar-refractivity contribution in [2.75, 3.05) is 4.90 Å². The molecule has 0 radical (unpaired) electrons. The SMILES string of the molecule is CCCCCCCCC1(CCCCCCCC)c2cc(N(c3ccc4c(c3)C(C)(C)c3cc(-c5ccc(C(C)(C)C)cc5)c5oc6ccccc6c5c3-4)c3c(C)cc(C)cc3C)ccc2-c2cc3c(cc21)-c1c(ccc2oc4ccccc4c12)C3(CCCCCCCC)CCCCCCCC. The highest BCUT2D eigenvalue weighted by molar-refractivity contribution is 6.19. The van der Waals surface area contributed by atoms with E-state index in [1.54, 1.807) is 22.3 Å². The summed E-state index contributed by atoms with van der Waals surface area (Å²) in [4.78, 5) is 2.70. The van der Waals surface area contributed by atoms with Gasteiger partial charge in [-0.25, -0.2) is 0 Å². The number of hydrogen-bond donors (Lipinski definition) is 0. The summed E-state index contributed by atoms with van der Waals surface area (Å²) >= 11 is 0. The van der Waals surface area contributed by atoms with Crippen molar-refractivity contribution in [2.24, 2.45) is 0 Å². The Morgan fingerprint density at radius 2 is 0.802 bits per heavy atom. The average molecular weight is 1340 g/mol.